The van der Waals surface area contributed by atoms with Crippen molar-refractivity contribution in [2.45, 2.75) is 18.2 Å². The fraction of sp³-hybridized carbons (Fsp3) is 0.714. The number of carboxylic acids is 1. The maximum absolute atomic E-state index is 10.7. The zero-order valence-electron chi connectivity index (χ0n) is 7.21. The first-order valence-corrected chi connectivity index (χ1v) is 4.00. The van der Waals surface area contributed by atoms with Crippen molar-refractivity contribution in [3.8, 4) is 0 Å². The molecule has 1 rings (SSSR count). The van der Waals surface area contributed by atoms with E-state index < -0.39 is 30.1 Å². The molecule has 0 aromatic rings. The number of hydrogen-bond acceptors (Lipinski definition) is 5. The number of ether oxygens (including phenoxy) is 1. The molecular formula is C7H11NO6. The van der Waals surface area contributed by atoms with Gasteiger partial charge in [0, 0.05) is 0 Å². The first kappa shape index (κ1) is 10.9. The summed E-state index contributed by atoms with van der Waals surface area (Å²) < 4.78 is 4.90. The monoisotopic (exact) mass is 205 g/mol. The Labute approximate surface area is 79.3 Å². The lowest BCUT2D eigenvalue weighted by molar-refractivity contribution is -0.150. The molecule has 14 heavy (non-hydrogen) atoms. The molecule has 1 saturated heterocycles. The number of aliphatic hydroxyl groups excluding tert-OH is 2. The lowest BCUT2D eigenvalue weighted by Gasteiger charge is -2.15. The van der Waals surface area contributed by atoms with Gasteiger partial charge in [0.1, 0.15) is 12.2 Å². The molecule has 0 saturated carbocycles. The summed E-state index contributed by atoms with van der Waals surface area (Å²) in [4.78, 5) is 20.9. The molecule has 0 spiro atoms. The third kappa shape index (κ3) is 2.19. The van der Waals surface area contributed by atoms with Gasteiger partial charge in [-0.1, -0.05) is 0 Å². The second-order valence-electron chi connectivity index (χ2n) is 2.93. The highest BCUT2D eigenvalue weighted by molar-refractivity contribution is 6.31. The number of carbonyl (C=O) groups is 2. The molecule has 0 radical (unpaired) electrons. The average Bonchev–Trinajstić information content (AvgIpc) is 2.47. The highest BCUT2D eigenvalue weighted by atomic mass is 16.5. The molecule has 3 atom stereocenters. The predicted octanol–water partition coefficient (Wildman–Crippen LogP) is -2.69. The number of carboxylic acid groups (broad SMARTS) is 1. The minimum Gasteiger partial charge on any atom is -0.474 e. The lowest BCUT2D eigenvalue weighted by Crippen LogP contribution is -2.47. The molecule has 1 heterocycles. The van der Waals surface area contributed by atoms with E-state index in [9.17, 15) is 14.7 Å². The largest absolute Gasteiger partial charge is 0.474 e. The summed E-state index contributed by atoms with van der Waals surface area (Å²) in [5, 5.41) is 28.4. The summed E-state index contributed by atoms with van der Waals surface area (Å²) >= 11 is 0. The molecule has 7 heteroatoms. The fourth-order valence-corrected chi connectivity index (χ4v) is 1.20. The normalized spacial score (nSPS) is 31.4. The van der Waals surface area contributed by atoms with Gasteiger partial charge in [-0.2, -0.15) is 0 Å². The Hall–Kier alpha value is -1.18. The molecule has 80 valence electrons. The molecule has 0 bridgehead atoms. The molecule has 7 nitrogen and oxygen atoms in total. The summed E-state index contributed by atoms with van der Waals surface area (Å²) in [7, 11) is 0. The Morgan fingerprint density at radius 2 is 2.14 bits per heavy atom. The first-order valence-electron chi connectivity index (χ1n) is 4.00. The summed E-state index contributed by atoms with van der Waals surface area (Å²) in [6.45, 7) is -0.383. The van der Waals surface area contributed by atoms with Crippen molar-refractivity contribution in [1.29, 1.82) is 0 Å². The van der Waals surface area contributed by atoms with Gasteiger partial charge in [-0.05, 0) is 0 Å². The van der Waals surface area contributed by atoms with E-state index in [0.717, 1.165) is 0 Å². The second kappa shape index (κ2) is 4.36. The Kier molecular flexibility index (Phi) is 3.39. The topological polar surface area (TPSA) is 116 Å². The van der Waals surface area contributed by atoms with Crippen LogP contribution in [0, 0.1) is 0 Å². The van der Waals surface area contributed by atoms with Crippen molar-refractivity contribution < 1.29 is 29.6 Å². The standard InChI is InChI=1S/C7H11NO6/c9-1-4-5(10)3(2-14-4)8-6(11)7(12)13/h3-5,9-10H,1-2H2,(H,8,11)(H,12,13). The number of nitrogens with one attached hydrogen (secondary N) is 1. The van der Waals surface area contributed by atoms with Crippen LogP contribution in [-0.2, 0) is 14.3 Å². The number of rotatable bonds is 2. The molecule has 3 unspecified atom stereocenters. The molecular weight excluding hydrogens is 194 g/mol. The van der Waals surface area contributed by atoms with Gasteiger partial charge in [-0.25, -0.2) is 4.79 Å². The number of carbonyl (C=O) groups excluding carboxylic acids is 1. The van der Waals surface area contributed by atoms with E-state index in [4.69, 9.17) is 14.9 Å². The van der Waals surface area contributed by atoms with Gasteiger partial charge in [0.05, 0.1) is 19.3 Å². The van der Waals surface area contributed by atoms with Crippen LogP contribution >= 0.6 is 0 Å². The molecule has 0 aliphatic carbocycles. The van der Waals surface area contributed by atoms with Crippen molar-refractivity contribution in [2.75, 3.05) is 13.2 Å². The van der Waals surface area contributed by atoms with E-state index in [1.807, 2.05) is 0 Å². The highest BCUT2D eigenvalue weighted by Crippen LogP contribution is 2.13. The van der Waals surface area contributed by atoms with Crippen LogP contribution < -0.4 is 5.32 Å². The SMILES string of the molecule is O=C(O)C(=O)NC1COC(CO)C1O. The van der Waals surface area contributed by atoms with Gasteiger partial charge in [-0.15, -0.1) is 0 Å². The van der Waals surface area contributed by atoms with Crippen LogP contribution in [0.1, 0.15) is 0 Å². The van der Waals surface area contributed by atoms with E-state index in [0.29, 0.717) is 0 Å². The lowest BCUT2D eigenvalue weighted by atomic mass is 10.1. The van der Waals surface area contributed by atoms with E-state index in [2.05, 4.69) is 5.32 Å². The van der Waals surface area contributed by atoms with E-state index in [-0.39, 0.29) is 13.2 Å². The Morgan fingerprint density at radius 1 is 1.50 bits per heavy atom. The number of hydrogen-bond donors (Lipinski definition) is 4. The minimum absolute atomic E-state index is 0.00852. The van der Waals surface area contributed by atoms with Crippen LogP contribution in [0.3, 0.4) is 0 Å². The van der Waals surface area contributed by atoms with Crippen molar-refractivity contribution in [3.05, 3.63) is 0 Å². The fourth-order valence-electron chi connectivity index (χ4n) is 1.20. The number of aliphatic hydroxyl groups is 2. The van der Waals surface area contributed by atoms with Crippen molar-refractivity contribution in [2.24, 2.45) is 0 Å². The average molecular weight is 205 g/mol. The Morgan fingerprint density at radius 3 is 2.57 bits per heavy atom. The summed E-state index contributed by atoms with van der Waals surface area (Å²) in [6.07, 6.45) is -1.85. The summed E-state index contributed by atoms with van der Waals surface area (Å²) in [5.74, 6) is -2.82. The molecule has 0 aromatic heterocycles. The van der Waals surface area contributed by atoms with Crippen molar-refractivity contribution >= 4 is 11.9 Å². The smallest absolute Gasteiger partial charge is 0.394 e. The Balaban J connectivity index is 2.48. The van der Waals surface area contributed by atoms with Gasteiger partial charge >= 0.3 is 11.9 Å². The maximum atomic E-state index is 10.7. The molecule has 1 aliphatic heterocycles. The van der Waals surface area contributed by atoms with Crippen LogP contribution in [0.25, 0.3) is 0 Å². The predicted molar refractivity (Wildman–Crippen MR) is 42.4 cm³/mol. The van der Waals surface area contributed by atoms with Gasteiger partial charge in [0.2, 0.25) is 0 Å². The van der Waals surface area contributed by atoms with Crippen LogP contribution in [0.15, 0.2) is 0 Å². The van der Waals surface area contributed by atoms with E-state index in [1.54, 1.807) is 0 Å². The Bertz CT molecular complexity index is 242. The van der Waals surface area contributed by atoms with Crippen molar-refractivity contribution in [3.63, 3.8) is 0 Å². The number of amides is 1. The highest BCUT2D eigenvalue weighted by Gasteiger charge is 2.37. The molecule has 1 fully saturated rings. The maximum Gasteiger partial charge on any atom is 0.394 e. The summed E-state index contributed by atoms with van der Waals surface area (Å²) in [5.41, 5.74) is 0. The number of aliphatic carboxylic acids is 1. The van der Waals surface area contributed by atoms with Crippen molar-refractivity contribution in [1.82, 2.24) is 5.32 Å². The zero-order chi connectivity index (χ0) is 10.7. The van der Waals surface area contributed by atoms with Gasteiger partial charge in [0.25, 0.3) is 0 Å². The minimum atomic E-state index is -1.62. The van der Waals surface area contributed by atoms with Crippen LogP contribution in [-0.4, -0.2) is 58.7 Å². The quantitative estimate of drug-likeness (QED) is 0.365. The molecule has 4 N–H and O–H groups in total. The molecule has 1 amide bonds. The zero-order valence-corrected chi connectivity index (χ0v) is 7.21. The molecule has 1 aliphatic rings. The van der Waals surface area contributed by atoms with E-state index in [1.165, 1.54) is 0 Å². The third-order valence-corrected chi connectivity index (χ3v) is 1.97. The van der Waals surface area contributed by atoms with Crippen LogP contribution in [0.4, 0.5) is 0 Å². The molecule has 0 aromatic carbocycles. The first-order chi connectivity index (χ1) is 6.56. The van der Waals surface area contributed by atoms with E-state index >= 15 is 0 Å². The third-order valence-electron chi connectivity index (χ3n) is 1.97. The van der Waals surface area contributed by atoms with Gasteiger partial charge in [0.15, 0.2) is 0 Å². The summed E-state index contributed by atoms with van der Waals surface area (Å²) in [6, 6.07) is -0.782. The van der Waals surface area contributed by atoms with Crippen LogP contribution in [0.2, 0.25) is 0 Å². The van der Waals surface area contributed by atoms with Crippen LogP contribution in [0.5, 0.6) is 0 Å². The second-order valence-corrected chi connectivity index (χ2v) is 2.93. The van der Waals surface area contributed by atoms with Gasteiger partial charge in [-0.3, -0.25) is 4.79 Å². The van der Waals surface area contributed by atoms with Gasteiger partial charge < -0.3 is 25.4 Å².